The molecule has 0 N–H and O–H groups in total. The first-order chi connectivity index (χ1) is 6.84. The molecule has 1 aromatic rings. The van der Waals surface area contributed by atoms with Crippen LogP contribution in [0.25, 0.3) is 0 Å². The molecule has 2 saturated carbocycles. The van der Waals surface area contributed by atoms with Crippen LogP contribution >= 0.6 is 0 Å². The number of nitrogens with zero attached hydrogens (tertiary/aromatic N) is 1. The van der Waals surface area contributed by atoms with Gasteiger partial charge in [0, 0.05) is 12.4 Å². The summed E-state index contributed by atoms with van der Waals surface area (Å²) in [5, 5.41) is 0. The lowest BCUT2D eigenvalue weighted by Crippen LogP contribution is -2.14. The maximum absolute atomic E-state index is 4.09. The lowest BCUT2D eigenvalue weighted by molar-refractivity contribution is 0.327. The van der Waals surface area contributed by atoms with Gasteiger partial charge >= 0.3 is 0 Å². The summed E-state index contributed by atoms with van der Waals surface area (Å²) in [6, 6.07) is 4.41. The van der Waals surface area contributed by atoms with Gasteiger partial charge < -0.3 is 0 Å². The molecule has 0 saturated heterocycles. The molecule has 3 rings (SSSR count). The van der Waals surface area contributed by atoms with E-state index in [4.69, 9.17) is 0 Å². The minimum atomic E-state index is 0.846. The van der Waals surface area contributed by atoms with Gasteiger partial charge in [-0.25, -0.2) is 0 Å². The molecule has 1 nitrogen and oxygen atoms in total. The minimum Gasteiger partial charge on any atom is -0.265 e. The van der Waals surface area contributed by atoms with Gasteiger partial charge in [-0.1, -0.05) is 6.92 Å². The van der Waals surface area contributed by atoms with Crippen LogP contribution in [0.1, 0.15) is 37.7 Å². The zero-order valence-electron chi connectivity index (χ0n) is 8.69. The molecule has 1 heteroatoms. The number of rotatable bonds is 1. The van der Waals surface area contributed by atoms with Gasteiger partial charge in [0.2, 0.25) is 0 Å². The number of pyridine rings is 1. The third-order valence-electron chi connectivity index (χ3n) is 4.34. The highest BCUT2D eigenvalue weighted by atomic mass is 14.6. The summed E-state index contributed by atoms with van der Waals surface area (Å²) < 4.78 is 0. The van der Waals surface area contributed by atoms with Gasteiger partial charge in [-0.2, -0.15) is 0 Å². The molecule has 2 bridgehead atoms. The summed E-state index contributed by atoms with van der Waals surface area (Å²) in [5.74, 6) is 3.81. The van der Waals surface area contributed by atoms with E-state index in [2.05, 4.69) is 24.0 Å². The second-order valence-corrected chi connectivity index (χ2v) is 5.09. The summed E-state index contributed by atoms with van der Waals surface area (Å²) in [6.45, 7) is 2.42. The summed E-state index contributed by atoms with van der Waals surface area (Å²) >= 11 is 0. The van der Waals surface area contributed by atoms with Gasteiger partial charge in [-0.3, -0.25) is 4.98 Å². The van der Waals surface area contributed by atoms with Crippen LogP contribution in [0.4, 0.5) is 0 Å². The fourth-order valence-corrected chi connectivity index (χ4v) is 3.58. The van der Waals surface area contributed by atoms with Gasteiger partial charge in [0.1, 0.15) is 0 Å². The number of hydrogen-bond donors (Lipinski definition) is 0. The minimum absolute atomic E-state index is 0.846. The average molecular weight is 187 g/mol. The first-order valence-electron chi connectivity index (χ1n) is 5.74. The van der Waals surface area contributed by atoms with Crippen molar-refractivity contribution in [1.82, 2.24) is 4.98 Å². The molecule has 2 fully saturated rings. The van der Waals surface area contributed by atoms with Crippen molar-refractivity contribution < 1.29 is 0 Å². The van der Waals surface area contributed by atoms with Crippen molar-refractivity contribution in [1.29, 1.82) is 0 Å². The molecule has 0 aromatic carbocycles. The molecule has 0 radical (unpaired) electrons. The van der Waals surface area contributed by atoms with E-state index in [1.165, 1.54) is 24.8 Å². The van der Waals surface area contributed by atoms with E-state index in [-0.39, 0.29) is 0 Å². The van der Waals surface area contributed by atoms with E-state index in [1.54, 1.807) is 0 Å². The summed E-state index contributed by atoms with van der Waals surface area (Å²) in [5.41, 5.74) is 1.53. The van der Waals surface area contributed by atoms with E-state index in [1.807, 2.05) is 12.4 Å². The summed E-state index contributed by atoms with van der Waals surface area (Å²) in [4.78, 5) is 4.09. The van der Waals surface area contributed by atoms with E-state index in [0.717, 1.165) is 23.7 Å². The molecular formula is C13H17N. The van der Waals surface area contributed by atoms with E-state index in [0.29, 0.717) is 0 Å². The first-order valence-corrected chi connectivity index (χ1v) is 5.74. The Morgan fingerprint density at radius 1 is 1.07 bits per heavy atom. The summed E-state index contributed by atoms with van der Waals surface area (Å²) in [7, 11) is 0. The van der Waals surface area contributed by atoms with Crippen LogP contribution in [-0.2, 0) is 0 Å². The topological polar surface area (TPSA) is 12.9 Å². The Bertz CT molecular complexity index is 317. The lowest BCUT2D eigenvalue weighted by atomic mass is 9.80. The lowest BCUT2D eigenvalue weighted by Gasteiger charge is -2.25. The molecule has 0 aliphatic heterocycles. The van der Waals surface area contributed by atoms with E-state index in [9.17, 15) is 0 Å². The van der Waals surface area contributed by atoms with Crippen molar-refractivity contribution in [2.75, 3.05) is 0 Å². The second-order valence-electron chi connectivity index (χ2n) is 5.09. The van der Waals surface area contributed by atoms with E-state index < -0.39 is 0 Å². The molecule has 1 aromatic heterocycles. The largest absolute Gasteiger partial charge is 0.265 e. The predicted octanol–water partition coefficient (Wildman–Crippen LogP) is 3.23. The van der Waals surface area contributed by atoms with Gasteiger partial charge in [0.15, 0.2) is 0 Å². The summed E-state index contributed by atoms with van der Waals surface area (Å²) in [6.07, 6.45) is 8.23. The maximum Gasteiger partial charge on any atom is 0.0270 e. The van der Waals surface area contributed by atoms with Crippen LogP contribution in [0, 0.1) is 17.8 Å². The highest BCUT2D eigenvalue weighted by Gasteiger charge is 2.44. The number of fused-ring (bicyclic) bond motifs is 2. The van der Waals surface area contributed by atoms with Crippen molar-refractivity contribution in [2.24, 2.45) is 17.8 Å². The Morgan fingerprint density at radius 3 is 2.43 bits per heavy atom. The van der Waals surface area contributed by atoms with Crippen molar-refractivity contribution in [3.63, 3.8) is 0 Å². The van der Waals surface area contributed by atoms with E-state index >= 15 is 0 Å². The van der Waals surface area contributed by atoms with Crippen molar-refractivity contribution in [2.45, 2.75) is 32.1 Å². The second kappa shape index (κ2) is 3.08. The Hall–Kier alpha value is -0.850. The van der Waals surface area contributed by atoms with Crippen molar-refractivity contribution in [3.8, 4) is 0 Å². The predicted molar refractivity (Wildman–Crippen MR) is 57.0 cm³/mol. The Balaban J connectivity index is 1.84. The number of aromatic nitrogens is 1. The van der Waals surface area contributed by atoms with Gasteiger partial charge in [-0.05, 0) is 60.6 Å². The molecular weight excluding hydrogens is 170 g/mol. The highest BCUT2D eigenvalue weighted by molar-refractivity contribution is 5.20. The first kappa shape index (κ1) is 8.46. The number of hydrogen-bond acceptors (Lipinski definition) is 1. The van der Waals surface area contributed by atoms with Crippen molar-refractivity contribution >= 4 is 0 Å². The molecule has 1 heterocycles. The molecule has 4 atom stereocenters. The Morgan fingerprint density at radius 2 is 1.86 bits per heavy atom. The monoisotopic (exact) mass is 187 g/mol. The van der Waals surface area contributed by atoms with Gasteiger partial charge in [0.05, 0.1) is 0 Å². The quantitative estimate of drug-likeness (QED) is 0.657. The smallest absolute Gasteiger partial charge is 0.0270 e. The fraction of sp³-hybridized carbons (Fsp3) is 0.615. The Labute approximate surface area is 85.6 Å². The zero-order valence-corrected chi connectivity index (χ0v) is 8.69. The average Bonchev–Trinajstić information content (AvgIpc) is 2.77. The Kier molecular flexibility index (Phi) is 1.86. The fourth-order valence-electron chi connectivity index (χ4n) is 3.58. The molecule has 2 aliphatic rings. The van der Waals surface area contributed by atoms with Crippen LogP contribution in [0.2, 0.25) is 0 Å². The van der Waals surface area contributed by atoms with Crippen LogP contribution in [-0.4, -0.2) is 4.98 Å². The van der Waals surface area contributed by atoms with Crippen molar-refractivity contribution in [3.05, 3.63) is 30.1 Å². The molecule has 14 heavy (non-hydrogen) atoms. The third-order valence-corrected chi connectivity index (χ3v) is 4.34. The zero-order chi connectivity index (χ0) is 9.54. The molecule has 74 valence electrons. The van der Waals surface area contributed by atoms with Crippen LogP contribution in [0.15, 0.2) is 24.5 Å². The SMILES string of the molecule is CC1CC2CC1CC2c1ccncc1. The standard InChI is InChI=1S/C13H17N/c1-9-6-12-7-11(9)8-13(12)10-2-4-14-5-3-10/h2-5,9,11-13H,6-8H2,1H3. The van der Waals surface area contributed by atoms with Crippen LogP contribution in [0.3, 0.4) is 0 Å². The van der Waals surface area contributed by atoms with Crippen LogP contribution in [0.5, 0.6) is 0 Å². The highest BCUT2D eigenvalue weighted by Crippen LogP contribution is 2.55. The van der Waals surface area contributed by atoms with Gasteiger partial charge in [0.25, 0.3) is 0 Å². The molecule has 0 spiro atoms. The third kappa shape index (κ3) is 1.18. The normalized spacial score (nSPS) is 40.4. The molecule has 4 unspecified atom stereocenters. The maximum atomic E-state index is 4.09. The molecule has 2 aliphatic carbocycles. The molecule has 0 amide bonds. The van der Waals surface area contributed by atoms with Crippen LogP contribution < -0.4 is 0 Å². The van der Waals surface area contributed by atoms with Gasteiger partial charge in [-0.15, -0.1) is 0 Å².